The van der Waals surface area contributed by atoms with Crippen molar-refractivity contribution >= 4 is 5.97 Å². The number of carbonyl (C=O) groups excluding carboxylic acids is 1. The molecule has 0 N–H and O–H groups in total. The lowest BCUT2D eigenvalue weighted by molar-refractivity contribution is -0.143. The fourth-order valence-electron chi connectivity index (χ4n) is 1.51. The minimum atomic E-state index is -0.449. The summed E-state index contributed by atoms with van der Waals surface area (Å²) >= 11 is 0. The van der Waals surface area contributed by atoms with E-state index in [-0.39, 0.29) is 5.97 Å². The average molecular weight is 284 g/mol. The Morgan fingerprint density at radius 3 is 2.57 bits per heavy atom. The highest BCUT2D eigenvalue weighted by Crippen LogP contribution is 2.01. The van der Waals surface area contributed by atoms with Gasteiger partial charge in [-0.2, -0.15) is 0 Å². The van der Waals surface area contributed by atoms with Gasteiger partial charge in [0.1, 0.15) is 0 Å². The van der Waals surface area contributed by atoms with Crippen LogP contribution in [0.4, 0.5) is 0 Å². The molecule has 0 heterocycles. The molecule has 0 radical (unpaired) electrons. The topological polar surface area (TPSA) is 26.3 Å². The van der Waals surface area contributed by atoms with Crippen molar-refractivity contribution in [1.82, 2.24) is 0 Å². The van der Waals surface area contributed by atoms with Gasteiger partial charge in [0.05, 0.1) is 0 Å². The maximum Gasteiger partial charge on any atom is 0.303 e. The first-order valence-corrected chi connectivity index (χ1v) is 7.23. The van der Waals surface area contributed by atoms with Gasteiger partial charge in [-0.05, 0) is 43.4 Å². The summed E-state index contributed by atoms with van der Waals surface area (Å²) in [6, 6.07) is 0. The van der Waals surface area contributed by atoms with E-state index in [1.165, 1.54) is 19.8 Å². The summed E-state index contributed by atoms with van der Waals surface area (Å²) in [6.07, 6.45) is 13.1. The molecule has 0 spiro atoms. The summed E-state index contributed by atoms with van der Waals surface area (Å²) in [4.78, 5) is 10.9. The van der Waals surface area contributed by atoms with E-state index in [1.807, 2.05) is 6.08 Å². The summed E-state index contributed by atoms with van der Waals surface area (Å²) < 4.78 is 5.01. The summed E-state index contributed by atoms with van der Waals surface area (Å²) in [5, 5.41) is 0. The highest BCUT2D eigenvalue weighted by molar-refractivity contribution is 5.66. The van der Waals surface area contributed by atoms with Gasteiger partial charge < -0.3 is 4.74 Å². The number of rotatable bonds is 9. The van der Waals surface area contributed by atoms with E-state index in [2.05, 4.69) is 49.0 Å². The molecule has 112 valence electrons. The molecule has 0 aliphatic carbocycles. The van der Waals surface area contributed by atoms with Gasteiger partial charge in [0.25, 0.3) is 0 Å². The Bertz CT molecular complexity index is 463. The van der Waals surface area contributed by atoms with Gasteiger partial charge in [0.2, 0.25) is 0 Å². The van der Waals surface area contributed by atoms with Crippen LogP contribution in [0.2, 0.25) is 0 Å². The average Bonchev–Trinajstić information content (AvgIpc) is 2.44. The molecule has 1 unspecified atom stereocenters. The molecule has 0 aliphatic heterocycles. The van der Waals surface area contributed by atoms with E-state index in [4.69, 9.17) is 4.74 Å². The van der Waals surface area contributed by atoms with Gasteiger partial charge in [-0.1, -0.05) is 30.2 Å². The maximum atomic E-state index is 10.9. The zero-order valence-corrected chi connectivity index (χ0v) is 12.9. The van der Waals surface area contributed by atoms with Crippen LogP contribution in [0.3, 0.4) is 0 Å². The van der Waals surface area contributed by atoms with Crippen molar-refractivity contribution in [2.24, 2.45) is 0 Å². The molecule has 0 bridgehead atoms. The SMILES string of the molecule is C=CCCCCC=CCC#CC#CC(CC=C)OC(C)=O. The molecule has 2 nitrogen and oxygen atoms in total. The van der Waals surface area contributed by atoms with Crippen LogP contribution in [-0.2, 0) is 9.53 Å². The fraction of sp³-hybridized carbons (Fsp3) is 0.421. The predicted molar refractivity (Wildman–Crippen MR) is 88.3 cm³/mol. The van der Waals surface area contributed by atoms with Gasteiger partial charge in [-0.25, -0.2) is 0 Å². The zero-order valence-electron chi connectivity index (χ0n) is 12.9. The van der Waals surface area contributed by atoms with Crippen molar-refractivity contribution in [2.45, 2.75) is 51.6 Å². The largest absolute Gasteiger partial charge is 0.449 e. The van der Waals surface area contributed by atoms with Crippen LogP contribution in [0, 0.1) is 23.7 Å². The predicted octanol–water partition coefficient (Wildman–Crippen LogP) is 4.19. The first-order valence-electron chi connectivity index (χ1n) is 7.23. The van der Waals surface area contributed by atoms with Crippen molar-refractivity contribution in [3.63, 3.8) is 0 Å². The molecule has 0 amide bonds. The molecule has 0 aromatic heterocycles. The van der Waals surface area contributed by atoms with E-state index in [0.29, 0.717) is 12.8 Å². The van der Waals surface area contributed by atoms with E-state index in [1.54, 1.807) is 6.08 Å². The Kier molecular flexibility index (Phi) is 12.7. The second-order valence-corrected chi connectivity index (χ2v) is 4.44. The first kappa shape index (κ1) is 18.8. The number of esters is 1. The molecule has 0 saturated carbocycles. The third-order valence-electron chi connectivity index (χ3n) is 2.49. The van der Waals surface area contributed by atoms with Gasteiger partial charge in [0, 0.05) is 19.8 Å². The molecule has 0 fully saturated rings. The van der Waals surface area contributed by atoms with E-state index < -0.39 is 6.10 Å². The Labute approximate surface area is 129 Å². The number of ether oxygens (including phenoxy) is 1. The number of hydrogen-bond donors (Lipinski definition) is 0. The van der Waals surface area contributed by atoms with Crippen LogP contribution >= 0.6 is 0 Å². The standard InChI is InChI=1S/C19H24O2/c1-4-6-7-8-9-10-11-12-13-14-15-17-19(16-5-2)21-18(3)20/h4-5,10-11,19H,1-2,6-9,12,16H2,3H3. The summed E-state index contributed by atoms with van der Waals surface area (Å²) in [5.41, 5.74) is 0. The smallest absolute Gasteiger partial charge is 0.303 e. The van der Waals surface area contributed by atoms with Crippen molar-refractivity contribution < 1.29 is 9.53 Å². The van der Waals surface area contributed by atoms with E-state index in [9.17, 15) is 4.79 Å². The molecular weight excluding hydrogens is 260 g/mol. The maximum absolute atomic E-state index is 10.9. The molecule has 0 saturated heterocycles. The molecule has 1 atom stereocenters. The molecule has 2 heteroatoms. The van der Waals surface area contributed by atoms with Crippen LogP contribution in [0.25, 0.3) is 0 Å². The van der Waals surface area contributed by atoms with Crippen molar-refractivity contribution in [3.05, 3.63) is 37.5 Å². The number of carbonyl (C=O) groups is 1. The monoisotopic (exact) mass is 284 g/mol. The molecule has 0 aromatic rings. The van der Waals surface area contributed by atoms with Crippen LogP contribution in [0.1, 0.15) is 45.4 Å². The Morgan fingerprint density at radius 2 is 1.90 bits per heavy atom. The second kappa shape index (κ2) is 14.2. The van der Waals surface area contributed by atoms with E-state index in [0.717, 1.165) is 12.8 Å². The fourth-order valence-corrected chi connectivity index (χ4v) is 1.51. The summed E-state index contributed by atoms with van der Waals surface area (Å²) in [6.45, 7) is 8.66. The molecule has 0 rings (SSSR count). The van der Waals surface area contributed by atoms with Crippen LogP contribution in [0.15, 0.2) is 37.5 Å². The number of hydrogen-bond acceptors (Lipinski definition) is 2. The molecular formula is C19H24O2. The zero-order chi connectivity index (χ0) is 15.8. The van der Waals surface area contributed by atoms with Gasteiger partial charge >= 0.3 is 5.97 Å². The highest BCUT2D eigenvalue weighted by Gasteiger charge is 2.04. The third kappa shape index (κ3) is 14.0. The van der Waals surface area contributed by atoms with Gasteiger partial charge in [0.15, 0.2) is 6.10 Å². The minimum absolute atomic E-state index is 0.344. The van der Waals surface area contributed by atoms with E-state index >= 15 is 0 Å². The van der Waals surface area contributed by atoms with Crippen molar-refractivity contribution in [1.29, 1.82) is 0 Å². The molecule has 0 aromatic carbocycles. The lowest BCUT2D eigenvalue weighted by Gasteiger charge is -2.06. The number of allylic oxidation sites excluding steroid dienone is 3. The molecule has 0 aliphatic rings. The quantitative estimate of drug-likeness (QED) is 0.274. The van der Waals surface area contributed by atoms with Crippen LogP contribution in [0.5, 0.6) is 0 Å². The normalized spacial score (nSPS) is 10.7. The molecule has 21 heavy (non-hydrogen) atoms. The summed E-state index contributed by atoms with van der Waals surface area (Å²) in [7, 11) is 0. The van der Waals surface area contributed by atoms with Gasteiger partial charge in [-0.15, -0.1) is 13.2 Å². The highest BCUT2D eigenvalue weighted by atomic mass is 16.5. The second-order valence-electron chi connectivity index (χ2n) is 4.44. The van der Waals surface area contributed by atoms with Crippen LogP contribution in [-0.4, -0.2) is 12.1 Å². The minimum Gasteiger partial charge on any atom is -0.449 e. The lowest BCUT2D eigenvalue weighted by atomic mass is 10.2. The third-order valence-corrected chi connectivity index (χ3v) is 2.49. The van der Waals surface area contributed by atoms with Gasteiger partial charge in [-0.3, -0.25) is 4.79 Å². The summed E-state index contributed by atoms with van der Waals surface area (Å²) in [5.74, 6) is 10.9. The van der Waals surface area contributed by atoms with Crippen LogP contribution < -0.4 is 0 Å². The van der Waals surface area contributed by atoms with Crippen molar-refractivity contribution in [3.8, 4) is 23.7 Å². The Balaban J connectivity index is 3.97. The Hall–Kier alpha value is -2.19. The Morgan fingerprint density at radius 1 is 1.14 bits per heavy atom. The number of unbranched alkanes of at least 4 members (excludes halogenated alkanes) is 3. The van der Waals surface area contributed by atoms with Crippen molar-refractivity contribution in [2.75, 3.05) is 0 Å². The lowest BCUT2D eigenvalue weighted by Crippen LogP contribution is -2.12. The first-order chi connectivity index (χ1) is 10.2.